The van der Waals surface area contributed by atoms with Crippen molar-refractivity contribution in [2.24, 2.45) is 17.3 Å². The molecule has 1 spiro atoms. The molecule has 70 valence electrons. The van der Waals surface area contributed by atoms with Crippen molar-refractivity contribution in [3.8, 4) is 0 Å². The van der Waals surface area contributed by atoms with E-state index in [9.17, 15) is 0 Å². The Bertz CT molecular complexity index is 156. The third-order valence-electron chi connectivity index (χ3n) is 4.02. The van der Waals surface area contributed by atoms with Gasteiger partial charge in [0, 0.05) is 6.54 Å². The molecule has 0 radical (unpaired) electrons. The maximum absolute atomic E-state index is 3.51. The highest BCUT2D eigenvalue weighted by atomic mass is 14.9. The summed E-state index contributed by atoms with van der Waals surface area (Å²) in [5.41, 5.74) is 0.731. The summed E-state index contributed by atoms with van der Waals surface area (Å²) < 4.78 is 0. The Morgan fingerprint density at radius 2 is 2.17 bits per heavy atom. The maximum atomic E-state index is 3.51. The van der Waals surface area contributed by atoms with Crippen LogP contribution in [0.3, 0.4) is 0 Å². The molecule has 1 heteroatoms. The molecule has 1 unspecified atom stereocenters. The van der Waals surface area contributed by atoms with Crippen molar-refractivity contribution in [2.45, 2.75) is 39.5 Å². The Balaban J connectivity index is 1.96. The van der Waals surface area contributed by atoms with Crippen molar-refractivity contribution in [3.63, 3.8) is 0 Å². The van der Waals surface area contributed by atoms with E-state index in [0.29, 0.717) is 0 Å². The molecular weight excluding hydrogens is 146 g/mol. The van der Waals surface area contributed by atoms with Crippen molar-refractivity contribution in [2.75, 3.05) is 13.1 Å². The molecule has 12 heavy (non-hydrogen) atoms. The minimum absolute atomic E-state index is 0.731. The molecule has 1 aliphatic carbocycles. The summed E-state index contributed by atoms with van der Waals surface area (Å²) in [5.74, 6) is 1.93. The molecule has 0 aromatic rings. The van der Waals surface area contributed by atoms with Crippen LogP contribution in [0.15, 0.2) is 0 Å². The minimum Gasteiger partial charge on any atom is -0.316 e. The molecule has 0 amide bonds. The second-order valence-electron chi connectivity index (χ2n) is 5.17. The van der Waals surface area contributed by atoms with Crippen LogP contribution >= 0.6 is 0 Å². The van der Waals surface area contributed by atoms with Crippen LogP contribution in [-0.4, -0.2) is 13.1 Å². The lowest BCUT2D eigenvalue weighted by molar-refractivity contribution is 0.294. The Morgan fingerprint density at radius 1 is 1.33 bits per heavy atom. The van der Waals surface area contributed by atoms with Gasteiger partial charge >= 0.3 is 0 Å². The largest absolute Gasteiger partial charge is 0.316 e. The van der Waals surface area contributed by atoms with Crippen LogP contribution in [-0.2, 0) is 0 Å². The van der Waals surface area contributed by atoms with E-state index in [2.05, 4.69) is 19.2 Å². The number of hydrogen-bond donors (Lipinski definition) is 1. The highest BCUT2D eigenvalue weighted by Crippen LogP contribution is 2.47. The van der Waals surface area contributed by atoms with Gasteiger partial charge in [-0.15, -0.1) is 0 Å². The lowest BCUT2D eigenvalue weighted by Crippen LogP contribution is -2.21. The zero-order chi connectivity index (χ0) is 8.60. The zero-order valence-electron chi connectivity index (χ0n) is 8.40. The molecule has 0 bridgehead atoms. The second-order valence-corrected chi connectivity index (χ2v) is 5.17. The number of hydrogen-bond acceptors (Lipinski definition) is 1. The molecule has 1 nitrogen and oxygen atoms in total. The average Bonchev–Trinajstić information content (AvgIpc) is 2.62. The summed E-state index contributed by atoms with van der Waals surface area (Å²) in [7, 11) is 0. The van der Waals surface area contributed by atoms with Crippen molar-refractivity contribution in [1.82, 2.24) is 5.32 Å². The molecule has 2 aliphatic rings. The van der Waals surface area contributed by atoms with Crippen molar-refractivity contribution >= 4 is 0 Å². The van der Waals surface area contributed by atoms with Gasteiger partial charge < -0.3 is 5.32 Å². The highest BCUT2D eigenvalue weighted by molar-refractivity contribution is 4.95. The topological polar surface area (TPSA) is 12.0 Å². The number of nitrogens with one attached hydrogen (secondary N) is 1. The summed E-state index contributed by atoms with van der Waals surface area (Å²) >= 11 is 0. The van der Waals surface area contributed by atoms with Gasteiger partial charge in [0.15, 0.2) is 0 Å². The molecule has 1 saturated carbocycles. The third-order valence-corrected chi connectivity index (χ3v) is 4.02. The lowest BCUT2D eigenvalue weighted by Gasteiger charge is -2.22. The number of rotatable bonds is 1. The van der Waals surface area contributed by atoms with Gasteiger partial charge in [0.1, 0.15) is 0 Å². The average molecular weight is 167 g/mol. The SMILES string of the molecule is CC(C)[C@@H]1CCC2(CCNC2)C1. The van der Waals surface area contributed by atoms with E-state index in [1.807, 2.05) is 0 Å². The first kappa shape index (κ1) is 8.55. The minimum atomic E-state index is 0.731. The van der Waals surface area contributed by atoms with Crippen LogP contribution in [0.4, 0.5) is 0 Å². The van der Waals surface area contributed by atoms with Crippen molar-refractivity contribution in [1.29, 1.82) is 0 Å². The standard InChI is InChI=1S/C11H21N/c1-9(2)10-3-4-11(7-10)5-6-12-8-11/h9-10,12H,3-8H2,1-2H3/t10-,11?/m1/s1. The molecule has 1 heterocycles. The van der Waals surface area contributed by atoms with Crippen LogP contribution in [0.2, 0.25) is 0 Å². The van der Waals surface area contributed by atoms with Crippen LogP contribution in [0.1, 0.15) is 39.5 Å². The van der Waals surface area contributed by atoms with Gasteiger partial charge in [0.25, 0.3) is 0 Å². The predicted molar refractivity (Wildman–Crippen MR) is 52.1 cm³/mol. The molecule has 1 saturated heterocycles. The van der Waals surface area contributed by atoms with E-state index in [1.165, 1.54) is 38.8 Å². The van der Waals surface area contributed by atoms with E-state index >= 15 is 0 Å². The summed E-state index contributed by atoms with van der Waals surface area (Å²) in [6.45, 7) is 7.33. The van der Waals surface area contributed by atoms with Gasteiger partial charge in [-0.1, -0.05) is 13.8 Å². The summed E-state index contributed by atoms with van der Waals surface area (Å²) in [6.07, 6.45) is 5.91. The van der Waals surface area contributed by atoms with Gasteiger partial charge in [-0.3, -0.25) is 0 Å². The van der Waals surface area contributed by atoms with Gasteiger partial charge in [-0.05, 0) is 49.5 Å². The lowest BCUT2D eigenvalue weighted by atomic mass is 9.83. The molecular formula is C11H21N. The molecule has 2 fully saturated rings. The van der Waals surface area contributed by atoms with E-state index < -0.39 is 0 Å². The Morgan fingerprint density at radius 3 is 2.67 bits per heavy atom. The van der Waals surface area contributed by atoms with Crippen molar-refractivity contribution in [3.05, 3.63) is 0 Å². The van der Waals surface area contributed by atoms with Crippen molar-refractivity contribution < 1.29 is 0 Å². The molecule has 1 aliphatic heterocycles. The Hall–Kier alpha value is -0.0400. The van der Waals surface area contributed by atoms with E-state index in [0.717, 1.165) is 17.3 Å². The van der Waals surface area contributed by atoms with Gasteiger partial charge in [-0.2, -0.15) is 0 Å². The van der Waals surface area contributed by atoms with Crippen LogP contribution in [0, 0.1) is 17.3 Å². The normalized spacial score (nSPS) is 41.8. The van der Waals surface area contributed by atoms with Crippen LogP contribution in [0.25, 0.3) is 0 Å². The van der Waals surface area contributed by atoms with E-state index in [4.69, 9.17) is 0 Å². The van der Waals surface area contributed by atoms with Crippen LogP contribution < -0.4 is 5.32 Å². The van der Waals surface area contributed by atoms with E-state index in [-0.39, 0.29) is 0 Å². The first-order chi connectivity index (χ1) is 5.72. The van der Waals surface area contributed by atoms with Gasteiger partial charge in [-0.25, -0.2) is 0 Å². The summed E-state index contributed by atoms with van der Waals surface area (Å²) in [5, 5.41) is 3.51. The second kappa shape index (κ2) is 3.02. The monoisotopic (exact) mass is 167 g/mol. The molecule has 2 rings (SSSR count). The fourth-order valence-electron chi connectivity index (χ4n) is 3.00. The molecule has 0 aromatic carbocycles. The van der Waals surface area contributed by atoms with Gasteiger partial charge in [0.2, 0.25) is 0 Å². The summed E-state index contributed by atoms with van der Waals surface area (Å²) in [6, 6.07) is 0. The highest BCUT2D eigenvalue weighted by Gasteiger charge is 2.41. The molecule has 1 N–H and O–H groups in total. The first-order valence-corrected chi connectivity index (χ1v) is 5.43. The summed E-state index contributed by atoms with van der Waals surface area (Å²) in [4.78, 5) is 0. The third kappa shape index (κ3) is 1.39. The zero-order valence-corrected chi connectivity index (χ0v) is 8.40. The predicted octanol–water partition coefficient (Wildman–Crippen LogP) is 2.42. The molecule has 0 aromatic heterocycles. The van der Waals surface area contributed by atoms with Gasteiger partial charge in [0.05, 0.1) is 0 Å². The van der Waals surface area contributed by atoms with E-state index in [1.54, 1.807) is 0 Å². The molecule has 2 atom stereocenters. The fraction of sp³-hybridized carbons (Fsp3) is 1.00. The smallest absolute Gasteiger partial charge is 0.000839 e. The first-order valence-electron chi connectivity index (χ1n) is 5.43. The fourth-order valence-corrected chi connectivity index (χ4v) is 3.00. The Kier molecular flexibility index (Phi) is 2.16. The van der Waals surface area contributed by atoms with Crippen LogP contribution in [0.5, 0.6) is 0 Å². The maximum Gasteiger partial charge on any atom is 0.000839 e. The Labute approximate surface area is 75.9 Å². The quantitative estimate of drug-likeness (QED) is 0.632.